The molecule has 31 heavy (non-hydrogen) atoms. The Morgan fingerprint density at radius 1 is 1.19 bits per heavy atom. The monoisotopic (exact) mass is 426 g/mol. The van der Waals surface area contributed by atoms with Gasteiger partial charge in [0, 0.05) is 35.7 Å². The Morgan fingerprint density at radius 3 is 2.65 bits per heavy atom. The van der Waals surface area contributed by atoms with Crippen molar-refractivity contribution in [2.24, 2.45) is 17.6 Å². The summed E-state index contributed by atoms with van der Waals surface area (Å²) in [6.07, 6.45) is 1.55. The van der Waals surface area contributed by atoms with Gasteiger partial charge in [-0.1, -0.05) is 0 Å². The van der Waals surface area contributed by atoms with Gasteiger partial charge in [-0.15, -0.1) is 0 Å². The molecule has 0 bridgehead atoms. The number of fused-ring (bicyclic) bond motifs is 4. The zero-order valence-corrected chi connectivity index (χ0v) is 16.6. The number of aromatic hydroxyl groups is 1. The number of rotatable bonds is 1. The number of hydrogen-bond acceptors (Lipinski definition) is 8. The number of aliphatic hydroxyl groups is 3. The topological polar surface area (TPSA) is 170 Å². The number of amides is 1. The normalized spacial score (nSPS) is 29.6. The molecule has 0 radical (unpaired) electrons. The van der Waals surface area contributed by atoms with Crippen LogP contribution in [0.25, 0.3) is 5.76 Å². The van der Waals surface area contributed by atoms with Gasteiger partial charge in [-0.05, 0) is 43.2 Å². The first-order chi connectivity index (χ1) is 14.7. The summed E-state index contributed by atoms with van der Waals surface area (Å²) < 4.78 is 0. The fourth-order valence-corrected chi connectivity index (χ4v) is 5.62. The summed E-state index contributed by atoms with van der Waals surface area (Å²) in [6.45, 7) is 0.769. The van der Waals surface area contributed by atoms with E-state index < -0.39 is 52.0 Å². The van der Waals surface area contributed by atoms with Gasteiger partial charge in [0.2, 0.25) is 5.78 Å². The van der Waals surface area contributed by atoms with Crippen molar-refractivity contribution < 1.29 is 34.8 Å². The average molecular weight is 426 g/mol. The molecule has 3 atom stereocenters. The van der Waals surface area contributed by atoms with Gasteiger partial charge in [0.05, 0.1) is 5.56 Å². The standard InChI is InChI=1S/C22H22N2O7/c23-21(30)16-13(25)7-10-5-8-4-9-6-12-11(2-1-3-24-12)17(26)14(9)18(27)15(8)19(28)22(10,31)20(16)29/h6,8,10,24,26-27,29,31H,1-5,7H2,(H2,23,30)/t8?,10-,22-/m0/s1. The number of hydrogen-bond donors (Lipinski definition) is 6. The number of primary amides is 1. The Kier molecular flexibility index (Phi) is 4.01. The Morgan fingerprint density at radius 2 is 1.94 bits per heavy atom. The summed E-state index contributed by atoms with van der Waals surface area (Å²) in [5.41, 5.74) is 4.00. The lowest BCUT2D eigenvalue weighted by Crippen LogP contribution is -2.58. The number of phenols is 1. The van der Waals surface area contributed by atoms with Crippen LogP contribution in [0, 0.1) is 11.8 Å². The van der Waals surface area contributed by atoms with Crippen molar-refractivity contribution in [3.05, 3.63) is 39.7 Å². The van der Waals surface area contributed by atoms with E-state index in [4.69, 9.17) is 5.73 Å². The molecule has 4 aliphatic rings. The molecule has 9 heteroatoms. The van der Waals surface area contributed by atoms with Crippen molar-refractivity contribution in [2.75, 3.05) is 11.9 Å². The molecule has 1 heterocycles. The molecule has 7 N–H and O–H groups in total. The predicted octanol–water partition coefficient (Wildman–Crippen LogP) is 0.782. The second kappa shape index (κ2) is 6.34. The number of nitrogens with one attached hydrogen (secondary N) is 1. The van der Waals surface area contributed by atoms with Crippen LogP contribution in [0.1, 0.15) is 36.0 Å². The number of carbonyl (C=O) groups is 3. The molecule has 1 unspecified atom stereocenters. The van der Waals surface area contributed by atoms with Crippen LogP contribution in [0.3, 0.4) is 0 Å². The van der Waals surface area contributed by atoms with Gasteiger partial charge in [0.1, 0.15) is 22.8 Å². The third kappa shape index (κ3) is 2.43. The fourth-order valence-electron chi connectivity index (χ4n) is 5.62. The largest absolute Gasteiger partial charge is 0.508 e. The number of phenolic OH excluding ortho intramolecular Hbond substituents is 1. The van der Waals surface area contributed by atoms with Crippen molar-refractivity contribution in [1.29, 1.82) is 0 Å². The number of ketones is 2. The third-order valence-corrected chi connectivity index (χ3v) is 7.08. The van der Waals surface area contributed by atoms with Gasteiger partial charge in [-0.25, -0.2) is 0 Å². The van der Waals surface area contributed by atoms with Crippen LogP contribution in [-0.2, 0) is 27.2 Å². The van der Waals surface area contributed by atoms with E-state index in [-0.39, 0.29) is 29.7 Å². The number of nitrogens with two attached hydrogens (primary N) is 1. The van der Waals surface area contributed by atoms with Crippen LogP contribution in [-0.4, -0.2) is 50.0 Å². The zero-order chi connectivity index (χ0) is 22.2. The van der Waals surface area contributed by atoms with Gasteiger partial charge in [0.25, 0.3) is 5.91 Å². The van der Waals surface area contributed by atoms with Gasteiger partial charge in [-0.3, -0.25) is 14.4 Å². The van der Waals surface area contributed by atoms with Gasteiger partial charge >= 0.3 is 0 Å². The maximum Gasteiger partial charge on any atom is 0.255 e. The number of anilines is 1. The zero-order valence-electron chi connectivity index (χ0n) is 16.6. The first-order valence-electron chi connectivity index (χ1n) is 10.2. The highest BCUT2D eigenvalue weighted by Crippen LogP contribution is 2.53. The smallest absolute Gasteiger partial charge is 0.255 e. The van der Waals surface area contributed by atoms with Crippen LogP contribution in [0.4, 0.5) is 5.69 Å². The number of benzene rings is 1. The predicted molar refractivity (Wildman–Crippen MR) is 108 cm³/mol. The number of Topliss-reactive ketones (excluding diaryl/α,β-unsaturated/α-hetero) is 2. The maximum atomic E-state index is 13.4. The molecule has 1 fully saturated rings. The fraction of sp³-hybridized carbons (Fsp3) is 0.409. The van der Waals surface area contributed by atoms with E-state index >= 15 is 0 Å². The highest BCUT2D eigenvalue weighted by Gasteiger charge is 2.60. The molecule has 1 amide bonds. The van der Waals surface area contributed by atoms with Crippen LogP contribution < -0.4 is 11.1 Å². The third-order valence-electron chi connectivity index (χ3n) is 7.08. The van der Waals surface area contributed by atoms with Crippen LogP contribution in [0.15, 0.2) is 23.0 Å². The van der Waals surface area contributed by atoms with E-state index in [0.29, 0.717) is 24.0 Å². The van der Waals surface area contributed by atoms with Gasteiger partial charge < -0.3 is 31.5 Å². The van der Waals surface area contributed by atoms with Gasteiger partial charge in [-0.2, -0.15) is 0 Å². The van der Waals surface area contributed by atoms with Gasteiger partial charge in [0.15, 0.2) is 11.4 Å². The van der Waals surface area contributed by atoms with Crippen molar-refractivity contribution in [3.8, 4) is 5.75 Å². The van der Waals surface area contributed by atoms with E-state index in [1.165, 1.54) is 0 Å². The SMILES string of the molecule is NC(=O)C1=C(O)[C@@]2(O)C(=O)C3=C(O)c4c(cc5c(c4O)CCCN5)CC3C[C@H]2CC1=O. The maximum absolute atomic E-state index is 13.4. The lowest BCUT2D eigenvalue weighted by molar-refractivity contribution is -0.147. The van der Waals surface area contributed by atoms with E-state index in [0.717, 1.165) is 18.7 Å². The minimum Gasteiger partial charge on any atom is -0.508 e. The molecule has 9 nitrogen and oxygen atoms in total. The van der Waals surface area contributed by atoms with Crippen molar-refractivity contribution >= 4 is 28.9 Å². The minimum atomic E-state index is -2.53. The lowest BCUT2D eigenvalue weighted by atomic mass is 9.59. The molecule has 0 saturated heterocycles. The van der Waals surface area contributed by atoms with E-state index in [2.05, 4.69) is 5.32 Å². The highest BCUT2D eigenvalue weighted by molar-refractivity contribution is 6.22. The van der Waals surface area contributed by atoms with E-state index in [1.54, 1.807) is 0 Å². The first kappa shape index (κ1) is 19.6. The van der Waals surface area contributed by atoms with Crippen molar-refractivity contribution in [3.63, 3.8) is 0 Å². The second-order valence-corrected chi connectivity index (χ2v) is 8.72. The molecule has 0 spiro atoms. The molecule has 1 aliphatic heterocycles. The average Bonchev–Trinajstić information content (AvgIpc) is 2.70. The quantitative estimate of drug-likeness (QED) is 0.358. The minimum absolute atomic E-state index is 0.110. The summed E-state index contributed by atoms with van der Waals surface area (Å²) in [6, 6.07) is 1.86. The summed E-state index contributed by atoms with van der Waals surface area (Å²) in [7, 11) is 0. The van der Waals surface area contributed by atoms with E-state index in [1.807, 2.05) is 6.07 Å². The van der Waals surface area contributed by atoms with E-state index in [9.17, 15) is 34.8 Å². The number of carbonyl (C=O) groups excluding carboxylic acids is 3. The Labute approximate surface area is 176 Å². The molecule has 0 aromatic heterocycles. The lowest BCUT2D eigenvalue weighted by Gasteiger charge is -2.46. The molecule has 5 rings (SSSR count). The first-order valence-corrected chi connectivity index (χ1v) is 10.2. The number of aliphatic hydroxyl groups excluding tert-OH is 2. The molecular formula is C22H22N2O7. The summed E-state index contributed by atoms with van der Waals surface area (Å²) in [4.78, 5) is 37.4. The Balaban J connectivity index is 1.70. The molecule has 1 aromatic rings. The molecule has 1 saturated carbocycles. The Hall–Kier alpha value is -3.33. The highest BCUT2D eigenvalue weighted by atomic mass is 16.3. The summed E-state index contributed by atoms with van der Waals surface area (Å²) in [5, 5.41) is 46.9. The van der Waals surface area contributed by atoms with Crippen LogP contribution >= 0.6 is 0 Å². The van der Waals surface area contributed by atoms with Crippen LogP contribution in [0.2, 0.25) is 0 Å². The van der Waals surface area contributed by atoms with Crippen LogP contribution in [0.5, 0.6) is 5.75 Å². The summed E-state index contributed by atoms with van der Waals surface area (Å²) >= 11 is 0. The molecule has 1 aromatic carbocycles. The Bertz CT molecular complexity index is 1150. The second-order valence-electron chi connectivity index (χ2n) is 8.72. The molecular weight excluding hydrogens is 404 g/mol. The molecule has 162 valence electrons. The van der Waals surface area contributed by atoms with Crippen molar-refractivity contribution in [2.45, 2.75) is 37.7 Å². The van der Waals surface area contributed by atoms with Crippen molar-refractivity contribution in [1.82, 2.24) is 0 Å². The summed E-state index contributed by atoms with van der Waals surface area (Å²) in [5.74, 6) is -6.01. The molecule has 3 aliphatic carbocycles.